The number of nitrogens with zero attached hydrogens (tertiary/aromatic N) is 1. The normalized spacial score (nSPS) is 28.0. The Bertz CT molecular complexity index is 223. The third-order valence-corrected chi connectivity index (χ3v) is 5.08. The van der Waals surface area contributed by atoms with Crippen molar-refractivity contribution in [1.29, 1.82) is 0 Å². The largest absolute Gasteiger partial charge is 0.317 e. The highest BCUT2D eigenvalue weighted by molar-refractivity contribution is 4.89. The van der Waals surface area contributed by atoms with Crippen LogP contribution in [0.2, 0.25) is 0 Å². The number of hydrogen-bond donors (Lipinski definition) is 1. The van der Waals surface area contributed by atoms with Crippen molar-refractivity contribution in [2.24, 2.45) is 5.92 Å². The van der Waals surface area contributed by atoms with Gasteiger partial charge in [0.15, 0.2) is 0 Å². The van der Waals surface area contributed by atoms with Crippen LogP contribution in [-0.4, -0.2) is 36.6 Å². The molecule has 2 fully saturated rings. The summed E-state index contributed by atoms with van der Waals surface area (Å²) in [4.78, 5) is 2.85. The van der Waals surface area contributed by atoms with Crippen molar-refractivity contribution in [3.8, 4) is 0 Å². The molecule has 0 aromatic rings. The quantitative estimate of drug-likeness (QED) is 0.698. The number of rotatable bonds is 7. The summed E-state index contributed by atoms with van der Waals surface area (Å²) >= 11 is 0. The second-order valence-corrected chi connectivity index (χ2v) is 6.34. The minimum Gasteiger partial charge on any atom is -0.317 e. The zero-order valence-corrected chi connectivity index (χ0v) is 12.5. The molecule has 106 valence electrons. The van der Waals surface area contributed by atoms with Crippen molar-refractivity contribution in [1.82, 2.24) is 10.2 Å². The van der Waals surface area contributed by atoms with E-state index in [2.05, 4.69) is 24.1 Å². The van der Waals surface area contributed by atoms with Crippen molar-refractivity contribution >= 4 is 0 Å². The number of likely N-dealkylation sites (tertiary alicyclic amines) is 1. The van der Waals surface area contributed by atoms with E-state index in [1.165, 1.54) is 64.5 Å². The summed E-state index contributed by atoms with van der Waals surface area (Å²) in [6.45, 7) is 8.33. The van der Waals surface area contributed by atoms with E-state index in [1.807, 2.05) is 0 Å². The van der Waals surface area contributed by atoms with Gasteiger partial charge in [-0.15, -0.1) is 0 Å². The highest BCUT2D eigenvalue weighted by Crippen LogP contribution is 2.36. The Balaban J connectivity index is 1.75. The topological polar surface area (TPSA) is 15.3 Å². The van der Waals surface area contributed by atoms with Gasteiger partial charge in [0, 0.05) is 12.1 Å². The molecule has 1 saturated heterocycles. The molecule has 2 unspecified atom stereocenters. The van der Waals surface area contributed by atoms with Crippen LogP contribution in [-0.2, 0) is 0 Å². The fraction of sp³-hybridized carbons (Fsp3) is 1.00. The molecule has 2 atom stereocenters. The lowest BCUT2D eigenvalue weighted by Gasteiger charge is -2.34. The molecule has 0 amide bonds. The van der Waals surface area contributed by atoms with E-state index in [1.54, 1.807) is 0 Å². The summed E-state index contributed by atoms with van der Waals surface area (Å²) in [5, 5.41) is 3.44. The molecule has 0 radical (unpaired) electrons. The van der Waals surface area contributed by atoms with Gasteiger partial charge in [-0.2, -0.15) is 0 Å². The van der Waals surface area contributed by atoms with Gasteiger partial charge in [-0.25, -0.2) is 0 Å². The van der Waals surface area contributed by atoms with Gasteiger partial charge in [0.05, 0.1) is 0 Å². The first-order chi connectivity index (χ1) is 8.83. The zero-order chi connectivity index (χ0) is 12.8. The predicted molar refractivity (Wildman–Crippen MR) is 78.9 cm³/mol. The highest BCUT2D eigenvalue weighted by Gasteiger charge is 2.35. The Morgan fingerprint density at radius 2 is 1.94 bits per heavy atom. The summed E-state index contributed by atoms with van der Waals surface area (Å²) in [6, 6.07) is 1.73. The van der Waals surface area contributed by atoms with Crippen LogP contribution in [0.1, 0.15) is 65.2 Å². The second-order valence-electron chi connectivity index (χ2n) is 6.34. The number of nitrogens with one attached hydrogen (secondary N) is 1. The van der Waals surface area contributed by atoms with Gasteiger partial charge in [0.2, 0.25) is 0 Å². The first kappa shape index (κ1) is 14.3. The molecule has 2 nitrogen and oxygen atoms in total. The third-order valence-electron chi connectivity index (χ3n) is 5.08. The van der Waals surface area contributed by atoms with Crippen LogP contribution in [0, 0.1) is 5.92 Å². The van der Waals surface area contributed by atoms with Crippen molar-refractivity contribution in [3.63, 3.8) is 0 Å². The lowest BCUT2D eigenvalue weighted by atomic mass is 9.95. The second kappa shape index (κ2) is 7.49. The summed E-state index contributed by atoms with van der Waals surface area (Å²) in [7, 11) is 0. The summed E-state index contributed by atoms with van der Waals surface area (Å²) in [5.41, 5.74) is 0. The molecule has 1 heterocycles. The van der Waals surface area contributed by atoms with Crippen LogP contribution < -0.4 is 5.32 Å². The van der Waals surface area contributed by atoms with E-state index in [9.17, 15) is 0 Å². The van der Waals surface area contributed by atoms with E-state index >= 15 is 0 Å². The van der Waals surface area contributed by atoms with Crippen molar-refractivity contribution in [3.05, 3.63) is 0 Å². The van der Waals surface area contributed by atoms with Crippen LogP contribution in [0.4, 0.5) is 0 Å². The molecule has 1 aliphatic heterocycles. The molecular formula is C16H32N2. The molecule has 18 heavy (non-hydrogen) atoms. The minimum absolute atomic E-state index is 0.803. The maximum atomic E-state index is 3.44. The Morgan fingerprint density at radius 1 is 1.17 bits per heavy atom. The molecule has 2 rings (SSSR count). The summed E-state index contributed by atoms with van der Waals surface area (Å²) in [5.74, 6) is 1.03. The van der Waals surface area contributed by atoms with Gasteiger partial charge in [-0.05, 0) is 71.0 Å². The minimum atomic E-state index is 0.803. The maximum absolute atomic E-state index is 3.44. The van der Waals surface area contributed by atoms with Crippen molar-refractivity contribution in [2.45, 2.75) is 77.3 Å². The Labute approximate surface area is 114 Å². The highest BCUT2D eigenvalue weighted by atomic mass is 15.2. The SMILES string of the molecule is CCNCCCC(C)N1CCCC1C1CCCC1. The smallest absolute Gasteiger partial charge is 0.0127 e. The summed E-state index contributed by atoms with van der Waals surface area (Å²) in [6.07, 6.45) is 11.6. The standard InChI is InChI=1S/C16H32N2/c1-3-17-12-6-8-14(2)18-13-7-11-16(18)15-9-4-5-10-15/h14-17H,3-13H2,1-2H3. The molecule has 0 spiro atoms. The first-order valence-corrected chi connectivity index (χ1v) is 8.29. The molecule has 0 aromatic carbocycles. The predicted octanol–water partition coefficient (Wildman–Crippen LogP) is 3.42. The molecule has 0 bridgehead atoms. The van der Waals surface area contributed by atoms with Crippen LogP contribution in [0.25, 0.3) is 0 Å². The van der Waals surface area contributed by atoms with E-state index in [0.717, 1.165) is 24.5 Å². The van der Waals surface area contributed by atoms with Gasteiger partial charge < -0.3 is 5.32 Å². The number of hydrogen-bond acceptors (Lipinski definition) is 2. The average Bonchev–Trinajstić information content (AvgIpc) is 3.02. The van der Waals surface area contributed by atoms with Gasteiger partial charge in [-0.1, -0.05) is 19.8 Å². The lowest BCUT2D eigenvalue weighted by molar-refractivity contribution is 0.136. The zero-order valence-electron chi connectivity index (χ0n) is 12.5. The fourth-order valence-electron chi connectivity index (χ4n) is 4.08. The van der Waals surface area contributed by atoms with E-state index in [4.69, 9.17) is 0 Å². The Morgan fingerprint density at radius 3 is 2.67 bits per heavy atom. The molecular weight excluding hydrogens is 220 g/mol. The molecule has 2 heteroatoms. The molecule has 1 saturated carbocycles. The lowest BCUT2D eigenvalue weighted by Crippen LogP contribution is -2.41. The van der Waals surface area contributed by atoms with Gasteiger partial charge >= 0.3 is 0 Å². The van der Waals surface area contributed by atoms with Crippen molar-refractivity contribution < 1.29 is 0 Å². The monoisotopic (exact) mass is 252 g/mol. The van der Waals surface area contributed by atoms with Crippen LogP contribution >= 0.6 is 0 Å². The van der Waals surface area contributed by atoms with Gasteiger partial charge in [0.25, 0.3) is 0 Å². The molecule has 0 aromatic heterocycles. The maximum Gasteiger partial charge on any atom is 0.0127 e. The summed E-state index contributed by atoms with van der Waals surface area (Å²) < 4.78 is 0. The third kappa shape index (κ3) is 3.71. The van der Waals surface area contributed by atoms with E-state index < -0.39 is 0 Å². The fourth-order valence-corrected chi connectivity index (χ4v) is 4.08. The molecule has 1 N–H and O–H groups in total. The van der Waals surface area contributed by atoms with E-state index in [-0.39, 0.29) is 0 Å². The van der Waals surface area contributed by atoms with Gasteiger partial charge in [0.1, 0.15) is 0 Å². The van der Waals surface area contributed by atoms with E-state index in [0.29, 0.717) is 0 Å². The van der Waals surface area contributed by atoms with Gasteiger partial charge in [-0.3, -0.25) is 4.90 Å². The van der Waals surface area contributed by atoms with Crippen LogP contribution in [0.15, 0.2) is 0 Å². The first-order valence-electron chi connectivity index (χ1n) is 8.29. The Hall–Kier alpha value is -0.0800. The van der Waals surface area contributed by atoms with Crippen LogP contribution in [0.3, 0.4) is 0 Å². The average molecular weight is 252 g/mol. The Kier molecular flexibility index (Phi) is 5.97. The molecule has 1 aliphatic carbocycles. The molecule has 2 aliphatic rings. The van der Waals surface area contributed by atoms with Crippen molar-refractivity contribution in [2.75, 3.05) is 19.6 Å². The van der Waals surface area contributed by atoms with Crippen LogP contribution in [0.5, 0.6) is 0 Å².